The van der Waals surface area contributed by atoms with Gasteiger partial charge < -0.3 is 5.73 Å². The van der Waals surface area contributed by atoms with Crippen LogP contribution in [0.2, 0.25) is 0 Å². The zero-order chi connectivity index (χ0) is 11.4. The molecule has 0 fully saturated rings. The van der Waals surface area contributed by atoms with Crippen molar-refractivity contribution >= 4 is 5.91 Å². The number of halogens is 1. The first-order valence-corrected chi connectivity index (χ1v) is 5.26. The molecule has 0 spiro atoms. The van der Waals surface area contributed by atoms with Crippen molar-refractivity contribution in [2.75, 3.05) is 0 Å². The van der Waals surface area contributed by atoms with Crippen molar-refractivity contribution in [2.24, 2.45) is 11.1 Å². The van der Waals surface area contributed by atoms with Gasteiger partial charge in [-0.05, 0) is 18.3 Å². The van der Waals surface area contributed by atoms with E-state index in [-0.39, 0.29) is 18.3 Å². The van der Waals surface area contributed by atoms with E-state index >= 15 is 0 Å². The molecule has 0 aliphatic carbocycles. The molecule has 14 heavy (non-hydrogen) atoms. The van der Waals surface area contributed by atoms with Crippen LogP contribution in [0.1, 0.15) is 53.4 Å². The highest BCUT2D eigenvalue weighted by molar-refractivity contribution is 5.83. The Morgan fingerprint density at radius 3 is 2.14 bits per heavy atom. The van der Waals surface area contributed by atoms with Crippen molar-refractivity contribution < 1.29 is 9.18 Å². The fraction of sp³-hybridized carbons (Fsp3) is 0.909. The zero-order valence-electron chi connectivity index (χ0n) is 9.69. The summed E-state index contributed by atoms with van der Waals surface area (Å²) in [5, 5.41) is 0. The highest BCUT2D eigenvalue weighted by atomic mass is 19.1. The minimum atomic E-state index is -1.83. The Kier molecular flexibility index (Phi) is 4.56. The second-order valence-electron chi connectivity index (χ2n) is 4.77. The predicted octanol–water partition coefficient (Wildman–Crippen LogP) is 2.81. The molecule has 0 unspecified atom stereocenters. The average molecular weight is 203 g/mol. The molecular weight excluding hydrogens is 181 g/mol. The van der Waals surface area contributed by atoms with E-state index in [2.05, 4.69) is 0 Å². The van der Waals surface area contributed by atoms with Crippen molar-refractivity contribution in [3.05, 3.63) is 0 Å². The van der Waals surface area contributed by atoms with Gasteiger partial charge in [-0.25, -0.2) is 4.39 Å². The van der Waals surface area contributed by atoms with Crippen LogP contribution in [-0.2, 0) is 4.79 Å². The number of rotatable bonds is 6. The number of alkyl halides is 1. The van der Waals surface area contributed by atoms with Gasteiger partial charge >= 0.3 is 0 Å². The van der Waals surface area contributed by atoms with E-state index < -0.39 is 11.6 Å². The molecule has 0 aromatic carbocycles. The average Bonchev–Trinajstić information content (AvgIpc) is 2.03. The van der Waals surface area contributed by atoms with E-state index in [9.17, 15) is 9.18 Å². The molecular formula is C11H22FNO. The van der Waals surface area contributed by atoms with Gasteiger partial charge in [0.2, 0.25) is 0 Å². The molecule has 0 rings (SSSR count). The molecule has 0 aliphatic heterocycles. The van der Waals surface area contributed by atoms with E-state index in [4.69, 9.17) is 5.73 Å². The van der Waals surface area contributed by atoms with E-state index in [0.29, 0.717) is 6.42 Å². The third-order valence-electron chi connectivity index (χ3n) is 2.80. The van der Waals surface area contributed by atoms with E-state index in [1.54, 1.807) is 0 Å². The van der Waals surface area contributed by atoms with Gasteiger partial charge in [0.1, 0.15) is 0 Å². The maximum Gasteiger partial charge on any atom is 0.255 e. The molecule has 0 heterocycles. The maximum absolute atomic E-state index is 14.1. The molecule has 0 bridgehead atoms. The van der Waals surface area contributed by atoms with Crippen LogP contribution < -0.4 is 5.73 Å². The van der Waals surface area contributed by atoms with Crippen molar-refractivity contribution in [1.29, 1.82) is 0 Å². The Morgan fingerprint density at radius 1 is 1.36 bits per heavy atom. The number of primary amides is 1. The van der Waals surface area contributed by atoms with Crippen LogP contribution in [0, 0.1) is 5.41 Å². The SMILES string of the molecule is CCC[C@@](F)(CC(C)(C)CC)C(N)=O. The topological polar surface area (TPSA) is 43.1 Å². The molecule has 2 nitrogen and oxygen atoms in total. The first kappa shape index (κ1) is 13.4. The Labute approximate surface area is 86.1 Å². The predicted molar refractivity (Wildman–Crippen MR) is 56.6 cm³/mol. The van der Waals surface area contributed by atoms with Gasteiger partial charge in [-0.15, -0.1) is 0 Å². The third kappa shape index (κ3) is 3.64. The summed E-state index contributed by atoms with van der Waals surface area (Å²) in [6.45, 7) is 7.77. The monoisotopic (exact) mass is 203 g/mol. The van der Waals surface area contributed by atoms with Gasteiger partial charge in [-0.3, -0.25) is 4.79 Å². The number of carbonyl (C=O) groups is 1. The fourth-order valence-electron chi connectivity index (χ4n) is 1.58. The number of hydrogen-bond donors (Lipinski definition) is 1. The standard InChI is InChI=1S/C11H22FNO/c1-5-7-11(12,9(13)14)8-10(3,4)6-2/h5-8H2,1-4H3,(H2,13,14)/t11-/m1/s1. The molecule has 0 aromatic rings. The number of nitrogens with two attached hydrogens (primary N) is 1. The minimum absolute atomic E-state index is 0.168. The zero-order valence-corrected chi connectivity index (χ0v) is 9.69. The van der Waals surface area contributed by atoms with Crippen LogP contribution in [0.5, 0.6) is 0 Å². The smallest absolute Gasteiger partial charge is 0.255 e. The second-order valence-corrected chi connectivity index (χ2v) is 4.77. The quantitative estimate of drug-likeness (QED) is 0.708. The highest BCUT2D eigenvalue weighted by Crippen LogP contribution is 2.35. The van der Waals surface area contributed by atoms with Gasteiger partial charge in [0.15, 0.2) is 5.67 Å². The molecule has 0 saturated carbocycles. The number of carbonyl (C=O) groups excluding carboxylic acids is 1. The van der Waals surface area contributed by atoms with Gasteiger partial charge in [0, 0.05) is 0 Å². The lowest BCUT2D eigenvalue weighted by molar-refractivity contribution is -0.132. The number of hydrogen-bond acceptors (Lipinski definition) is 1. The minimum Gasteiger partial charge on any atom is -0.367 e. The second kappa shape index (κ2) is 4.76. The van der Waals surface area contributed by atoms with E-state index in [0.717, 1.165) is 6.42 Å². The maximum atomic E-state index is 14.1. The van der Waals surface area contributed by atoms with E-state index in [1.807, 2.05) is 27.7 Å². The highest BCUT2D eigenvalue weighted by Gasteiger charge is 2.40. The van der Waals surface area contributed by atoms with Crippen molar-refractivity contribution in [1.82, 2.24) is 0 Å². The summed E-state index contributed by atoms with van der Waals surface area (Å²) in [6.07, 6.45) is 1.93. The van der Waals surface area contributed by atoms with Gasteiger partial charge in [0.25, 0.3) is 5.91 Å². The molecule has 1 atom stereocenters. The summed E-state index contributed by atoms with van der Waals surface area (Å²) in [5.41, 5.74) is 3.11. The van der Waals surface area contributed by atoms with Crippen LogP contribution in [-0.4, -0.2) is 11.6 Å². The Hall–Kier alpha value is -0.600. The lowest BCUT2D eigenvalue weighted by atomic mass is 9.77. The molecule has 0 radical (unpaired) electrons. The van der Waals surface area contributed by atoms with Crippen LogP contribution >= 0.6 is 0 Å². The first-order chi connectivity index (χ1) is 6.27. The van der Waals surface area contributed by atoms with Crippen LogP contribution in [0.25, 0.3) is 0 Å². The van der Waals surface area contributed by atoms with Crippen LogP contribution in [0.15, 0.2) is 0 Å². The summed E-state index contributed by atoms with van der Waals surface area (Å²) in [6, 6.07) is 0. The molecule has 3 heteroatoms. The Morgan fingerprint density at radius 2 is 1.86 bits per heavy atom. The van der Waals surface area contributed by atoms with Gasteiger partial charge in [0.05, 0.1) is 0 Å². The summed E-state index contributed by atoms with van der Waals surface area (Å²) in [7, 11) is 0. The molecule has 0 aromatic heterocycles. The Bertz CT molecular complexity index is 203. The van der Waals surface area contributed by atoms with Gasteiger partial charge in [-0.2, -0.15) is 0 Å². The van der Waals surface area contributed by atoms with Crippen molar-refractivity contribution in [3.63, 3.8) is 0 Å². The normalized spacial score (nSPS) is 16.4. The van der Waals surface area contributed by atoms with Crippen molar-refractivity contribution in [3.8, 4) is 0 Å². The van der Waals surface area contributed by atoms with E-state index in [1.165, 1.54) is 0 Å². The summed E-state index contributed by atoms with van der Waals surface area (Å²) in [5.74, 6) is -0.819. The largest absolute Gasteiger partial charge is 0.367 e. The molecule has 0 aliphatic rings. The summed E-state index contributed by atoms with van der Waals surface area (Å²) < 4.78 is 14.1. The van der Waals surface area contributed by atoms with Crippen LogP contribution in [0.4, 0.5) is 4.39 Å². The van der Waals surface area contributed by atoms with Crippen molar-refractivity contribution in [2.45, 2.75) is 59.0 Å². The molecule has 1 amide bonds. The fourth-order valence-corrected chi connectivity index (χ4v) is 1.58. The lowest BCUT2D eigenvalue weighted by Crippen LogP contribution is -2.43. The molecule has 84 valence electrons. The summed E-state index contributed by atoms with van der Waals surface area (Å²) >= 11 is 0. The third-order valence-corrected chi connectivity index (χ3v) is 2.80. The first-order valence-electron chi connectivity index (χ1n) is 5.26. The van der Waals surface area contributed by atoms with Crippen LogP contribution in [0.3, 0.4) is 0 Å². The lowest BCUT2D eigenvalue weighted by Gasteiger charge is -2.31. The number of amides is 1. The summed E-state index contributed by atoms with van der Waals surface area (Å²) in [4.78, 5) is 11.1. The molecule has 0 saturated heterocycles. The Balaban J connectivity index is 4.60. The molecule has 2 N–H and O–H groups in total. The van der Waals surface area contributed by atoms with Gasteiger partial charge in [-0.1, -0.05) is 40.5 Å².